The lowest BCUT2D eigenvalue weighted by molar-refractivity contribution is -0.139. The minimum Gasteiger partial charge on any atom is -0.342 e. The van der Waals surface area contributed by atoms with Crippen molar-refractivity contribution < 1.29 is 9.59 Å². The molecule has 0 bridgehead atoms. The average Bonchev–Trinajstić information content (AvgIpc) is 2.88. The molecule has 0 N–H and O–H groups in total. The third kappa shape index (κ3) is 2.95. The Morgan fingerprint density at radius 3 is 2.00 bits per heavy atom. The second kappa shape index (κ2) is 5.84. The highest BCUT2D eigenvalue weighted by atomic mass is 35.5. The van der Waals surface area contributed by atoms with Gasteiger partial charge in [0.1, 0.15) is 4.33 Å². The summed E-state index contributed by atoms with van der Waals surface area (Å²) in [5.74, 6) is 0.259. The SMILES string of the molecule is CC1(C(=O)N2CCN(CC(=O)N3CCCC3)CC2)CC1(Cl)Cl. The van der Waals surface area contributed by atoms with Crippen molar-refractivity contribution in [3.8, 4) is 0 Å². The molecule has 5 nitrogen and oxygen atoms in total. The van der Waals surface area contributed by atoms with Gasteiger partial charge in [0.05, 0.1) is 12.0 Å². The van der Waals surface area contributed by atoms with Gasteiger partial charge in [-0.05, 0) is 26.2 Å². The van der Waals surface area contributed by atoms with E-state index >= 15 is 0 Å². The van der Waals surface area contributed by atoms with Crippen molar-refractivity contribution in [3.05, 3.63) is 0 Å². The number of alkyl halides is 2. The molecule has 22 heavy (non-hydrogen) atoms. The van der Waals surface area contributed by atoms with E-state index in [1.165, 1.54) is 0 Å². The maximum Gasteiger partial charge on any atom is 0.236 e. The van der Waals surface area contributed by atoms with Gasteiger partial charge in [-0.2, -0.15) is 0 Å². The largest absolute Gasteiger partial charge is 0.342 e. The van der Waals surface area contributed by atoms with E-state index in [-0.39, 0.29) is 11.8 Å². The Bertz CT molecular complexity index is 471. The fourth-order valence-electron chi connectivity index (χ4n) is 3.35. The van der Waals surface area contributed by atoms with E-state index < -0.39 is 9.75 Å². The Morgan fingerprint density at radius 2 is 1.50 bits per heavy atom. The minimum atomic E-state index is -0.910. The maximum absolute atomic E-state index is 12.5. The monoisotopic (exact) mass is 347 g/mol. The topological polar surface area (TPSA) is 43.9 Å². The van der Waals surface area contributed by atoms with Crippen molar-refractivity contribution in [2.45, 2.75) is 30.5 Å². The lowest BCUT2D eigenvalue weighted by atomic mass is 10.1. The first kappa shape index (κ1) is 16.3. The predicted octanol–water partition coefficient (Wildman–Crippen LogP) is 1.34. The summed E-state index contributed by atoms with van der Waals surface area (Å²) in [6, 6.07) is 0. The summed E-state index contributed by atoms with van der Waals surface area (Å²) in [6.45, 7) is 6.84. The van der Waals surface area contributed by atoms with Crippen LogP contribution in [0.2, 0.25) is 0 Å². The predicted molar refractivity (Wildman–Crippen MR) is 86.0 cm³/mol. The molecular formula is C15H23Cl2N3O2. The van der Waals surface area contributed by atoms with Crippen LogP contribution >= 0.6 is 23.2 Å². The minimum absolute atomic E-state index is 0.0445. The molecule has 2 saturated heterocycles. The van der Waals surface area contributed by atoms with Crippen molar-refractivity contribution in [2.75, 3.05) is 45.8 Å². The Labute approximate surface area is 141 Å². The van der Waals surface area contributed by atoms with Gasteiger partial charge in [-0.15, -0.1) is 23.2 Å². The highest BCUT2D eigenvalue weighted by Crippen LogP contribution is 2.64. The highest BCUT2D eigenvalue weighted by molar-refractivity contribution is 6.53. The first-order chi connectivity index (χ1) is 10.3. The summed E-state index contributed by atoms with van der Waals surface area (Å²) in [4.78, 5) is 30.6. The van der Waals surface area contributed by atoms with Gasteiger partial charge in [0.2, 0.25) is 11.8 Å². The third-order valence-electron chi connectivity index (χ3n) is 5.21. The Balaban J connectivity index is 1.46. The molecule has 1 unspecified atom stereocenters. The van der Waals surface area contributed by atoms with E-state index in [1.807, 2.05) is 16.7 Å². The molecule has 0 aromatic heterocycles. The van der Waals surface area contributed by atoms with E-state index in [0.29, 0.717) is 26.1 Å². The van der Waals surface area contributed by atoms with E-state index in [9.17, 15) is 9.59 Å². The number of hydrogen-bond donors (Lipinski definition) is 0. The summed E-state index contributed by atoms with van der Waals surface area (Å²) >= 11 is 12.2. The summed E-state index contributed by atoms with van der Waals surface area (Å²) in [5, 5.41) is 0. The van der Waals surface area contributed by atoms with E-state index in [1.54, 1.807) is 0 Å². The van der Waals surface area contributed by atoms with Crippen LogP contribution < -0.4 is 0 Å². The lowest BCUT2D eigenvalue weighted by Crippen LogP contribution is -2.53. The van der Waals surface area contributed by atoms with Crippen molar-refractivity contribution in [1.82, 2.24) is 14.7 Å². The molecule has 1 saturated carbocycles. The van der Waals surface area contributed by atoms with Gasteiger partial charge < -0.3 is 9.80 Å². The molecular weight excluding hydrogens is 325 g/mol. The zero-order valence-corrected chi connectivity index (χ0v) is 14.5. The number of likely N-dealkylation sites (tertiary alicyclic amines) is 1. The average molecular weight is 348 g/mol. The molecule has 0 spiro atoms. The second-order valence-corrected chi connectivity index (χ2v) is 8.35. The highest BCUT2D eigenvalue weighted by Gasteiger charge is 2.68. The molecule has 3 fully saturated rings. The first-order valence-electron chi connectivity index (χ1n) is 8.01. The van der Waals surface area contributed by atoms with Crippen LogP contribution in [0.3, 0.4) is 0 Å². The molecule has 7 heteroatoms. The van der Waals surface area contributed by atoms with Gasteiger partial charge >= 0.3 is 0 Å². The molecule has 1 aliphatic carbocycles. The van der Waals surface area contributed by atoms with E-state index in [4.69, 9.17) is 23.2 Å². The van der Waals surface area contributed by atoms with Crippen LogP contribution in [0.25, 0.3) is 0 Å². The third-order valence-corrected chi connectivity index (χ3v) is 6.31. The van der Waals surface area contributed by atoms with Crippen molar-refractivity contribution in [1.29, 1.82) is 0 Å². The molecule has 1 atom stereocenters. The number of halogens is 2. The fourth-order valence-corrected chi connectivity index (χ4v) is 4.04. The van der Waals surface area contributed by atoms with Crippen LogP contribution in [0, 0.1) is 5.41 Å². The molecule has 2 heterocycles. The molecule has 124 valence electrons. The van der Waals surface area contributed by atoms with Crippen LogP contribution in [-0.2, 0) is 9.59 Å². The zero-order chi connectivity index (χ0) is 16.0. The van der Waals surface area contributed by atoms with Crippen LogP contribution in [0.15, 0.2) is 0 Å². The van der Waals surface area contributed by atoms with Gasteiger partial charge in [-0.25, -0.2) is 0 Å². The summed E-state index contributed by atoms with van der Waals surface area (Å²) < 4.78 is -0.910. The Hall–Kier alpha value is -0.520. The Morgan fingerprint density at radius 1 is 0.955 bits per heavy atom. The van der Waals surface area contributed by atoms with E-state index in [0.717, 1.165) is 39.0 Å². The summed E-state index contributed by atoms with van der Waals surface area (Å²) in [7, 11) is 0. The van der Waals surface area contributed by atoms with Crippen LogP contribution in [-0.4, -0.2) is 76.7 Å². The van der Waals surface area contributed by atoms with E-state index in [2.05, 4.69) is 4.90 Å². The standard InChI is InChI=1S/C15H23Cl2N3O2/c1-14(11-15(14,16)17)13(22)20-8-6-18(7-9-20)10-12(21)19-4-2-3-5-19/h2-11H2,1H3. The number of carbonyl (C=O) groups is 2. The number of amides is 2. The fraction of sp³-hybridized carbons (Fsp3) is 0.867. The molecule has 0 aromatic carbocycles. The summed E-state index contributed by atoms with van der Waals surface area (Å²) in [6.07, 6.45) is 2.76. The number of rotatable bonds is 3. The molecule has 2 amide bonds. The molecule has 0 aromatic rings. The number of hydrogen-bond acceptors (Lipinski definition) is 3. The molecule has 3 rings (SSSR count). The van der Waals surface area contributed by atoms with Crippen molar-refractivity contribution in [2.24, 2.45) is 5.41 Å². The van der Waals surface area contributed by atoms with Crippen LogP contribution in [0.4, 0.5) is 0 Å². The van der Waals surface area contributed by atoms with Gasteiger partial charge in [0, 0.05) is 39.3 Å². The van der Waals surface area contributed by atoms with Gasteiger partial charge in [0.15, 0.2) is 0 Å². The molecule has 2 aliphatic heterocycles. The molecule has 0 radical (unpaired) electrons. The van der Waals surface area contributed by atoms with Gasteiger partial charge in [-0.1, -0.05) is 0 Å². The molecule has 3 aliphatic rings. The first-order valence-corrected chi connectivity index (χ1v) is 8.76. The zero-order valence-electron chi connectivity index (χ0n) is 13.0. The van der Waals surface area contributed by atoms with Gasteiger partial charge in [0.25, 0.3) is 0 Å². The van der Waals surface area contributed by atoms with Gasteiger partial charge in [-0.3, -0.25) is 14.5 Å². The van der Waals surface area contributed by atoms with Crippen molar-refractivity contribution >= 4 is 35.0 Å². The quantitative estimate of drug-likeness (QED) is 0.723. The number of nitrogens with zero attached hydrogens (tertiary/aromatic N) is 3. The number of carbonyl (C=O) groups excluding carboxylic acids is 2. The maximum atomic E-state index is 12.5. The second-order valence-electron chi connectivity index (χ2n) is 6.87. The summed E-state index contributed by atoms with van der Waals surface area (Å²) in [5.41, 5.74) is -0.635. The Kier molecular flexibility index (Phi) is 4.34. The lowest BCUT2D eigenvalue weighted by Gasteiger charge is -2.36. The smallest absolute Gasteiger partial charge is 0.236 e. The van der Waals surface area contributed by atoms with Crippen molar-refractivity contribution in [3.63, 3.8) is 0 Å². The normalized spacial score (nSPS) is 31.4. The number of piperazine rings is 1. The van der Waals surface area contributed by atoms with Crippen LogP contribution in [0.5, 0.6) is 0 Å². The van der Waals surface area contributed by atoms with Crippen LogP contribution in [0.1, 0.15) is 26.2 Å².